The van der Waals surface area contributed by atoms with Crippen molar-refractivity contribution in [1.29, 1.82) is 0 Å². The molecule has 0 amide bonds. The lowest BCUT2D eigenvalue weighted by atomic mass is 9.48. The SMILES string of the molecule is O=C1/C(=C/c2ccccc2)C[C@@]2(O)[C@H]3Cc4ccc(O)c5c4[C@@]2(CCN3CC(F)(F)F)[C@H]1O5. The number of Topliss-reactive ketones (excluding diaryl/α,β-unsaturated/α-hetero) is 1. The van der Waals surface area contributed by atoms with E-state index in [9.17, 15) is 28.2 Å². The van der Waals surface area contributed by atoms with E-state index in [-0.39, 0.29) is 43.1 Å². The van der Waals surface area contributed by atoms with E-state index in [1.807, 2.05) is 30.3 Å². The molecule has 4 atom stereocenters. The Hall–Kier alpha value is -2.84. The lowest BCUT2D eigenvalue weighted by molar-refractivity contribution is -0.207. The predicted molar refractivity (Wildman–Crippen MR) is 113 cm³/mol. The summed E-state index contributed by atoms with van der Waals surface area (Å²) in [5.41, 5.74) is -0.458. The number of aromatic hydroxyl groups is 1. The molecule has 1 saturated carbocycles. The van der Waals surface area contributed by atoms with Gasteiger partial charge in [-0.2, -0.15) is 13.2 Å². The molecule has 0 radical (unpaired) electrons. The zero-order valence-electron chi connectivity index (χ0n) is 17.6. The fourth-order valence-corrected chi connectivity index (χ4v) is 6.63. The highest BCUT2D eigenvalue weighted by atomic mass is 19.4. The van der Waals surface area contributed by atoms with Crippen molar-refractivity contribution < 1.29 is 32.9 Å². The van der Waals surface area contributed by atoms with Gasteiger partial charge in [-0.3, -0.25) is 9.69 Å². The van der Waals surface area contributed by atoms with E-state index < -0.39 is 35.9 Å². The number of nitrogens with zero attached hydrogens (tertiary/aromatic N) is 1. The highest BCUT2D eigenvalue weighted by Crippen LogP contribution is 2.65. The number of carbonyl (C=O) groups excluding carboxylic acids is 1. The monoisotopic (exact) mass is 457 g/mol. The molecule has 2 N–H and O–H groups in total. The lowest BCUT2D eigenvalue weighted by Gasteiger charge is -2.62. The summed E-state index contributed by atoms with van der Waals surface area (Å²) in [5, 5.41) is 22.8. The molecular formula is C25H22F3NO4. The highest BCUT2D eigenvalue weighted by Gasteiger charge is 2.74. The summed E-state index contributed by atoms with van der Waals surface area (Å²) < 4.78 is 46.3. The third-order valence-electron chi connectivity index (χ3n) is 7.86. The van der Waals surface area contributed by atoms with Gasteiger partial charge in [-0.1, -0.05) is 36.4 Å². The van der Waals surface area contributed by atoms with Crippen LogP contribution in [0.4, 0.5) is 13.2 Å². The summed E-state index contributed by atoms with van der Waals surface area (Å²) in [4.78, 5) is 14.9. The van der Waals surface area contributed by atoms with Crippen LogP contribution in [0.5, 0.6) is 11.5 Å². The van der Waals surface area contributed by atoms with Crippen LogP contribution in [0, 0.1) is 0 Å². The van der Waals surface area contributed by atoms with Gasteiger partial charge in [-0.05, 0) is 36.1 Å². The van der Waals surface area contributed by atoms with Crippen LogP contribution in [-0.2, 0) is 16.6 Å². The van der Waals surface area contributed by atoms with E-state index in [0.717, 1.165) is 11.1 Å². The Bertz CT molecular complexity index is 1190. The third kappa shape index (κ3) is 2.71. The molecule has 0 unspecified atom stereocenters. The average molecular weight is 457 g/mol. The standard InChI is InChI=1S/C25H22F3NO4/c26-25(27,28)13-29-9-8-23-19-15-6-7-17(30)21(19)33-22(23)20(31)16(10-14-4-2-1-3-5-14)12-24(23,32)18(29)11-15/h1-7,10,18,22,30,32H,8-9,11-13H2/b16-10+/t18-,22+,23+,24-/m1/s1. The molecule has 2 aliphatic carbocycles. The number of piperidine rings is 1. The first-order chi connectivity index (χ1) is 15.6. The van der Waals surface area contributed by atoms with Crippen LogP contribution in [0.3, 0.4) is 0 Å². The molecular weight excluding hydrogens is 435 g/mol. The van der Waals surface area contributed by atoms with E-state index >= 15 is 0 Å². The van der Waals surface area contributed by atoms with Crippen LogP contribution < -0.4 is 4.74 Å². The number of hydrogen-bond donors (Lipinski definition) is 2. The number of phenolic OH excluding ortho intramolecular Hbond substituents is 1. The molecule has 2 aromatic carbocycles. The third-order valence-corrected chi connectivity index (χ3v) is 7.86. The molecule has 8 heteroatoms. The summed E-state index contributed by atoms with van der Waals surface area (Å²) >= 11 is 0. The predicted octanol–water partition coefficient (Wildman–Crippen LogP) is 3.37. The zero-order chi connectivity index (χ0) is 23.2. The van der Waals surface area contributed by atoms with Gasteiger partial charge in [0, 0.05) is 30.1 Å². The van der Waals surface area contributed by atoms with Gasteiger partial charge in [0.25, 0.3) is 0 Å². The molecule has 4 aliphatic rings. The Labute approximate surface area is 188 Å². The van der Waals surface area contributed by atoms with E-state index in [2.05, 4.69) is 0 Å². The fraction of sp³-hybridized carbons (Fsp3) is 0.400. The summed E-state index contributed by atoms with van der Waals surface area (Å²) in [5.74, 6) is -0.250. The van der Waals surface area contributed by atoms with Crippen molar-refractivity contribution in [2.45, 2.75) is 48.6 Å². The number of ketones is 1. The number of rotatable bonds is 2. The van der Waals surface area contributed by atoms with Crippen molar-refractivity contribution >= 4 is 11.9 Å². The van der Waals surface area contributed by atoms with Crippen LogP contribution in [0.25, 0.3) is 6.08 Å². The van der Waals surface area contributed by atoms with E-state index in [1.54, 1.807) is 12.1 Å². The largest absolute Gasteiger partial charge is 0.504 e. The van der Waals surface area contributed by atoms with Gasteiger partial charge >= 0.3 is 6.18 Å². The normalized spacial score (nSPS) is 33.7. The fourth-order valence-electron chi connectivity index (χ4n) is 6.63. The van der Waals surface area contributed by atoms with Crippen LogP contribution in [0.2, 0.25) is 0 Å². The maximum atomic E-state index is 13.6. The smallest absolute Gasteiger partial charge is 0.401 e. The van der Waals surface area contributed by atoms with Crippen molar-refractivity contribution in [3.63, 3.8) is 0 Å². The molecule has 172 valence electrons. The molecule has 5 nitrogen and oxygen atoms in total. The second-order valence-electron chi connectivity index (χ2n) is 9.52. The topological polar surface area (TPSA) is 70.0 Å². The van der Waals surface area contributed by atoms with E-state index in [0.29, 0.717) is 11.1 Å². The van der Waals surface area contributed by atoms with Crippen LogP contribution in [0.15, 0.2) is 48.0 Å². The first kappa shape index (κ1) is 20.7. The van der Waals surface area contributed by atoms with E-state index in [1.165, 1.54) is 11.0 Å². The van der Waals surface area contributed by atoms with Crippen LogP contribution in [-0.4, -0.2) is 57.9 Å². The molecule has 1 saturated heterocycles. The molecule has 6 rings (SSSR count). The number of halogens is 3. The molecule has 2 bridgehead atoms. The van der Waals surface area contributed by atoms with Gasteiger partial charge in [0.1, 0.15) is 0 Å². The first-order valence-corrected chi connectivity index (χ1v) is 11.0. The quantitative estimate of drug-likeness (QED) is 0.677. The summed E-state index contributed by atoms with van der Waals surface area (Å²) in [6, 6.07) is 11.4. The number of phenols is 1. The van der Waals surface area contributed by atoms with Crippen molar-refractivity contribution in [3.8, 4) is 11.5 Å². The van der Waals surface area contributed by atoms with Crippen LogP contribution in [0.1, 0.15) is 29.5 Å². The Kier molecular flexibility index (Phi) is 4.15. The second kappa shape index (κ2) is 6.61. The Balaban J connectivity index is 1.55. The van der Waals surface area contributed by atoms with Crippen molar-refractivity contribution in [2.24, 2.45) is 0 Å². The van der Waals surface area contributed by atoms with Crippen molar-refractivity contribution in [3.05, 3.63) is 64.7 Å². The number of likely N-dealkylation sites (tertiary alicyclic amines) is 1. The summed E-state index contributed by atoms with van der Waals surface area (Å²) in [7, 11) is 0. The van der Waals surface area contributed by atoms with Crippen molar-refractivity contribution in [1.82, 2.24) is 4.90 Å². The molecule has 0 aromatic heterocycles. The molecule has 2 fully saturated rings. The number of carbonyl (C=O) groups is 1. The minimum atomic E-state index is -4.42. The molecule has 33 heavy (non-hydrogen) atoms. The first-order valence-electron chi connectivity index (χ1n) is 11.0. The molecule has 2 aliphatic heterocycles. The number of hydrogen-bond acceptors (Lipinski definition) is 5. The Morgan fingerprint density at radius 2 is 1.94 bits per heavy atom. The number of benzene rings is 2. The highest BCUT2D eigenvalue weighted by molar-refractivity contribution is 6.06. The van der Waals surface area contributed by atoms with Gasteiger partial charge in [0.05, 0.1) is 17.6 Å². The number of alkyl halides is 3. The van der Waals surface area contributed by atoms with Gasteiger partial charge < -0.3 is 14.9 Å². The molecule has 1 spiro atoms. The second-order valence-corrected chi connectivity index (χ2v) is 9.52. The minimum absolute atomic E-state index is 0.0753. The maximum Gasteiger partial charge on any atom is 0.401 e. The van der Waals surface area contributed by atoms with E-state index in [4.69, 9.17) is 4.74 Å². The van der Waals surface area contributed by atoms with Gasteiger partial charge in [-0.15, -0.1) is 0 Å². The molecule has 2 heterocycles. The molecule has 2 aromatic rings. The van der Waals surface area contributed by atoms with Gasteiger partial charge in [0.15, 0.2) is 23.4 Å². The van der Waals surface area contributed by atoms with Gasteiger partial charge in [0.2, 0.25) is 0 Å². The number of aliphatic hydroxyl groups is 1. The Morgan fingerprint density at radius 3 is 2.67 bits per heavy atom. The minimum Gasteiger partial charge on any atom is -0.504 e. The summed E-state index contributed by atoms with van der Waals surface area (Å²) in [6.07, 6.45) is -3.59. The maximum absolute atomic E-state index is 13.6. The van der Waals surface area contributed by atoms with Gasteiger partial charge in [-0.25, -0.2) is 0 Å². The summed E-state index contributed by atoms with van der Waals surface area (Å²) in [6.45, 7) is -1.06. The van der Waals surface area contributed by atoms with Crippen LogP contribution >= 0.6 is 0 Å². The van der Waals surface area contributed by atoms with Crippen molar-refractivity contribution in [2.75, 3.05) is 13.1 Å². The zero-order valence-corrected chi connectivity index (χ0v) is 17.6. The average Bonchev–Trinajstić information content (AvgIpc) is 3.11. The Morgan fingerprint density at radius 1 is 1.18 bits per heavy atom. The number of ether oxygens (including phenoxy) is 1. The lowest BCUT2D eigenvalue weighted by Crippen LogP contribution is -2.77.